The average Bonchev–Trinajstić information content (AvgIpc) is 3.36. The van der Waals surface area contributed by atoms with Crippen molar-refractivity contribution < 1.29 is 23.0 Å². The summed E-state index contributed by atoms with van der Waals surface area (Å²) in [5.74, 6) is 0.523. The lowest BCUT2D eigenvalue weighted by atomic mass is 10.2. The molecule has 0 amide bonds. The molecule has 0 saturated carbocycles. The molecule has 1 N–H and O–H groups in total. The molecule has 4 aromatic rings. The number of halogens is 3. The van der Waals surface area contributed by atoms with E-state index in [1.165, 1.54) is 6.07 Å². The molecule has 0 unspecified atom stereocenters. The Morgan fingerprint density at radius 3 is 2.53 bits per heavy atom. The largest absolute Gasteiger partial charge is 0.486 e. The van der Waals surface area contributed by atoms with Crippen molar-refractivity contribution in [3.8, 4) is 5.75 Å². The number of ether oxygens (including phenoxy) is 1. The Kier molecular flexibility index (Phi) is 6.90. The van der Waals surface area contributed by atoms with Crippen LogP contribution < -0.4 is 4.74 Å². The van der Waals surface area contributed by atoms with Gasteiger partial charge in [-0.15, -0.1) is 0 Å². The SMILES string of the molecule is CN(Cc1ccc(OCc2nccn2C)cc1)C[C@@H](O)Cn1c(C(F)(F)F)nc2ccccc21. The van der Waals surface area contributed by atoms with Crippen LogP contribution in [0.25, 0.3) is 11.0 Å². The van der Waals surface area contributed by atoms with Gasteiger partial charge < -0.3 is 19.0 Å². The smallest absolute Gasteiger partial charge is 0.449 e. The number of imidazole rings is 2. The van der Waals surface area contributed by atoms with E-state index >= 15 is 0 Å². The number of para-hydroxylation sites is 2. The molecule has 0 saturated heterocycles. The molecular formula is C24H26F3N5O2. The van der Waals surface area contributed by atoms with Crippen LogP contribution in [0, 0.1) is 0 Å². The Labute approximate surface area is 195 Å². The molecule has 0 aliphatic heterocycles. The minimum Gasteiger partial charge on any atom is -0.486 e. The molecule has 0 fully saturated rings. The summed E-state index contributed by atoms with van der Waals surface area (Å²) in [6, 6.07) is 14.0. The average molecular weight is 473 g/mol. The number of aliphatic hydroxyl groups is 1. The number of hydrogen-bond donors (Lipinski definition) is 1. The van der Waals surface area contributed by atoms with E-state index in [2.05, 4.69) is 9.97 Å². The molecule has 7 nitrogen and oxygen atoms in total. The molecule has 0 bridgehead atoms. The summed E-state index contributed by atoms with van der Waals surface area (Å²) in [6.45, 7) is 0.867. The minimum atomic E-state index is -4.61. The number of rotatable bonds is 9. The van der Waals surface area contributed by atoms with Crippen molar-refractivity contribution in [2.45, 2.75) is 32.0 Å². The molecule has 2 aromatic heterocycles. The first kappa shape index (κ1) is 23.8. The Hall–Kier alpha value is -3.37. The Balaban J connectivity index is 1.34. The fourth-order valence-corrected chi connectivity index (χ4v) is 3.86. The number of alkyl halides is 3. The number of benzene rings is 2. The van der Waals surface area contributed by atoms with E-state index in [0.717, 1.165) is 16.0 Å². The highest BCUT2D eigenvalue weighted by Crippen LogP contribution is 2.31. The third-order valence-electron chi connectivity index (χ3n) is 5.49. The van der Waals surface area contributed by atoms with Crippen LogP contribution in [0.5, 0.6) is 5.75 Å². The second-order valence-corrected chi connectivity index (χ2v) is 8.27. The zero-order valence-corrected chi connectivity index (χ0v) is 18.9. The highest BCUT2D eigenvalue weighted by molar-refractivity contribution is 5.76. The number of nitrogens with zero attached hydrogens (tertiary/aromatic N) is 5. The second-order valence-electron chi connectivity index (χ2n) is 8.27. The molecule has 10 heteroatoms. The first-order valence-corrected chi connectivity index (χ1v) is 10.8. The van der Waals surface area contributed by atoms with E-state index in [4.69, 9.17) is 4.74 Å². The molecule has 1 atom stereocenters. The van der Waals surface area contributed by atoms with Crippen molar-refractivity contribution in [1.82, 2.24) is 24.0 Å². The number of likely N-dealkylation sites (N-methyl/N-ethyl adjacent to an activating group) is 1. The van der Waals surface area contributed by atoms with Gasteiger partial charge in [-0.25, -0.2) is 9.97 Å². The summed E-state index contributed by atoms with van der Waals surface area (Å²) >= 11 is 0. The lowest BCUT2D eigenvalue weighted by Gasteiger charge is -2.22. The van der Waals surface area contributed by atoms with Crippen LogP contribution in [0.3, 0.4) is 0 Å². The number of aryl methyl sites for hydroxylation is 1. The lowest BCUT2D eigenvalue weighted by molar-refractivity contribution is -0.147. The topological polar surface area (TPSA) is 68.3 Å². The Morgan fingerprint density at radius 2 is 1.85 bits per heavy atom. The lowest BCUT2D eigenvalue weighted by Crippen LogP contribution is -2.32. The van der Waals surface area contributed by atoms with E-state index in [1.54, 1.807) is 24.4 Å². The predicted molar refractivity (Wildman–Crippen MR) is 121 cm³/mol. The van der Waals surface area contributed by atoms with Gasteiger partial charge in [-0.05, 0) is 36.9 Å². The summed E-state index contributed by atoms with van der Waals surface area (Å²) in [4.78, 5) is 9.80. The molecule has 0 aliphatic rings. The van der Waals surface area contributed by atoms with Crippen LogP contribution in [-0.2, 0) is 32.9 Å². The van der Waals surface area contributed by atoms with Crippen LogP contribution >= 0.6 is 0 Å². The maximum atomic E-state index is 13.5. The molecule has 4 rings (SSSR count). The van der Waals surface area contributed by atoms with E-state index in [9.17, 15) is 18.3 Å². The molecule has 180 valence electrons. The molecular weight excluding hydrogens is 447 g/mol. The van der Waals surface area contributed by atoms with Crippen LogP contribution in [0.1, 0.15) is 17.2 Å². The summed E-state index contributed by atoms with van der Waals surface area (Å²) in [5, 5.41) is 10.6. The fraction of sp³-hybridized carbons (Fsp3) is 0.333. The molecule has 0 aliphatic carbocycles. The summed E-state index contributed by atoms with van der Waals surface area (Å²) in [6.07, 6.45) is -2.05. The number of aromatic nitrogens is 4. The van der Waals surface area contributed by atoms with Crippen LogP contribution in [0.2, 0.25) is 0 Å². The van der Waals surface area contributed by atoms with Gasteiger partial charge in [0.25, 0.3) is 0 Å². The zero-order valence-electron chi connectivity index (χ0n) is 18.9. The van der Waals surface area contributed by atoms with Crippen molar-refractivity contribution in [3.63, 3.8) is 0 Å². The van der Waals surface area contributed by atoms with E-state index in [-0.39, 0.29) is 18.6 Å². The normalized spacial score (nSPS) is 13.0. The van der Waals surface area contributed by atoms with E-state index < -0.39 is 18.1 Å². The molecule has 34 heavy (non-hydrogen) atoms. The third kappa shape index (κ3) is 5.57. The van der Waals surface area contributed by atoms with Crippen LogP contribution in [-0.4, -0.2) is 48.8 Å². The second kappa shape index (κ2) is 9.86. The summed E-state index contributed by atoms with van der Waals surface area (Å²) in [7, 11) is 3.71. The standard InChI is InChI=1S/C24H26F3N5O2/c1-30(13-17-7-9-19(10-8-17)34-16-22-28-11-12-31(22)2)14-18(33)15-32-21-6-4-3-5-20(21)29-23(32)24(25,26)27/h3-12,18,33H,13-16H2,1-2H3/t18-/m1/s1. The van der Waals surface area contributed by atoms with E-state index in [1.807, 2.05) is 54.0 Å². The van der Waals surface area contributed by atoms with Gasteiger partial charge in [-0.1, -0.05) is 24.3 Å². The number of hydrogen-bond acceptors (Lipinski definition) is 5. The molecule has 0 radical (unpaired) electrons. The summed E-state index contributed by atoms with van der Waals surface area (Å²) < 4.78 is 49.1. The summed E-state index contributed by atoms with van der Waals surface area (Å²) in [5.41, 5.74) is 1.58. The zero-order chi connectivity index (χ0) is 24.3. The van der Waals surface area contributed by atoms with Crippen molar-refractivity contribution in [2.75, 3.05) is 13.6 Å². The highest BCUT2D eigenvalue weighted by Gasteiger charge is 2.38. The van der Waals surface area contributed by atoms with Crippen molar-refractivity contribution in [1.29, 1.82) is 0 Å². The maximum absolute atomic E-state index is 13.5. The number of fused-ring (bicyclic) bond motifs is 1. The Morgan fingerprint density at radius 1 is 1.12 bits per heavy atom. The highest BCUT2D eigenvalue weighted by atomic mass is 19.4. The van der Waals surface area contributed by atoms with Gasteiger partial charge in [0.15, 0.2) is 0 Å². The van der Waals surface area contributed by atoms with Crippen molar-refractivity contribution in [2.24, 2.45) is 7.05 Å². The van der Waals surface area contributed by atoms with E-state index in [0.29, 0.717) is 24.4 Å². The van der Waals surface area contributed by atoms with Gasteiger partial charge in [0.2, 0.25) is 5.82 Å². The minimum absolute atomic E-state index is 0.196. The van der Waals surface area contributed by atoms with Crippen molar-refractivity contribution in [3.05, 3.63) is 78.1 Å². The fourth-order valence-electron chi connectivity index (χ4n) is 3.86. The quantitative estimate of drug-likeness (QED) is 0.400. The first-order chi connectivity index (χ1) is 16.2. The van der Waals surface area contributed by atoms with Crippen LogP contribution in [0.4, 0.5) is 13.2 Å². The van der Waals surface area contributed by atoms with Gasteiger partial charge in [0.1, 0.15) is 18.2 Å². The van der Waals surface area contributed by atoms with Gasteiger partial charge in [-0.3, -0.25) is 4.90 Å². The molecule has 2 heterocycles. The predicted octanol–water partition coefficient (Wildman–Crippen LogP) is 3.86. The van der Waals surface area contributed by atoms with Crippen LogP contribution in [0.15, 0.2) is 60.9 Å². The maximum Gasteiger partial charge on any atom is 0.449 e. The monoisotopic (exact) mass is 473 g/mol. The number of aliphatic hydroxyl groups excluding tert-OH is 1. The molecule has 2 aromatic carbocycles. The first-order valence-electron chi connectivity index (χ1n) is 10.8. The van der Waals surface area contributed by atoms with Gasteiger partial charge in [0.05, 0.1) is 23.7 Å². The van der Waals surface area contributed by atoms with Gasteiger partial charge in [-0.2, -0.15) is 13.2 Å². The van der Waals surface area contributed by atoms with Gasteiger partial charge >= 0.3 is 6.18 Å². The third-order valence-corrected chi connectivity index (χ3v) is 5.49. The van der Waals surface area contributed by atoms with Crippen molar-refractivity contribution >= 4 is 11.0 Å². The molecule has 0 spiro atoms. The van der Waals surface area contributed by atoms with Gasteiger partial charge in [0, 0.05) is 32.5 Å². The Bertz CT molecular complexity index is 1230.